The molecule has 1 aromatic carbocycles. The smallest absolute Gasteiger partial charge is 0.245 e. The van der Waals surface area contributed by atoms with Crippen molar-refractivity contribution >= 4 is 5.91 Å². The fraction of sp³-hybridized carbons (Fsp3) is 0.562. The van der Waals surface area contributed by atoms with Gasteiger partial charge >= 0.3 is 0 Å². The number of nitrogens with one attached hydrogen (secondary N) is 1. The van der Waals surface area contributed by atoms with Gasteiger partial charge in [-0.05, 0) is 38.2 Å². The van der Waals surface area contributed by atoms with E-state index in [-0.39, 0.29) is 18.1 Å². The minimum absolute atomic E-state index is 0.133. The molecule has 1 aliphatic heterocycles. The maximum Gasteiger partial charge on any atom is 0.245 e. The van der Waals surface area contributed by atoms with Crippen LogP contribution in [-0.2, 0) is 4.79 Å². The number of nitrogens with zero attached hydrogens (tertiary/aromatic N) is 1. The molecule has 1 heterocycles. The molecule has 2 aliphatic rings. The van der Waals surface area contributed by atoms with Gasteiger partial charge in [-0.3, -0.25) is 10.1 Å². The Morgan fingerprint density at radius 2 is 1.95 bits per heavy atom. The molecule has 102 valence electrons. The largest absolute Gasteiger partial charge is 0.323 e. The molecule has 0 radical (unpaired) electrons. The van der Waals surface area contributed by atoms with Crippen LogP contribution in [-0.4, -0.2) is 23.0 Å². The molecule has 0 spiro atoms. The molecule has 0 aromatic heterocycles. The molecule has 3 heteroatoms. The Morgan fingerprint density at radius 3 is 2.53 bits per heavy atom. The first-order chi connectivity index (χ1) is 9.18. The van der Waals surface area contributed by atoms with E-state index < -0.39 is 0 Å². The second-order valence-corrected chi connectivity index (χ2v) is 5.86. The Labute approximate surface area is 115 Å². The fourth-order valence-corrected chi connectivity index (χ4v) is 3.32. The zero-order chi connectivity index (χ0) is 13.4. The molecule has 1 amide bonds. The van der Waals surface area contributed by atoms with Crippen molar-refractivity contribution in [3.63, 3.8) is 0 Å². The van der Waals surface area contributed by atoms with Gasteiger partial charge in [-0.15, -0.1) is 0 Å². The highest BCUT2D eigenvalue weighted by atomic mass is 16.2. The van der Waals surface area contributed by atoms with Crippen LogP contribution in [0.1, 0.15) is 44.7 Å². The van der Waals surface area contributed by atoms with E-state index in [9.17, 15) is 4.79 Å². The number of amides is 1. The first-order valence-electron chi connectivity index (χ1n) is 7.31. The summed E-state index contributed by atoms with van der Waals surface area (Å²) in [4.78, 5) is 14.7. The van der Waals surface area contributed by atoms with Gasteiger partial charge in [0.05, 0.1) is 6.17 Å². The lowest BCUT2D eigenvalue weighted by molar-refractivity contribution is -0.133. The van der Waals surface area contributed by atoms with E-state index in [0.29, 0.717) is 12.0 Å². The summed E-state index contributed by atoms with van der Waals surface area (Å²) in [5.74, 6) is 0.931. The van der Waals surface area contributed by atoms with Crippen molar-refractivity contribution in [2.45, 2.75) is 51.4 Å². The number of carbonyl (C=O) groups excluding carboxylic acids is 1. The Balaban J connectivity index is 1.79. The maximum absolute atomic E-state index is 12.7. The van der Waals surface area contributed by atoms with Crippen molar-refractivity contribution in [1.82, 2.24) is 10.2 Å². The van der Waals surface area contributed by atoms with Crippen LogP contribution in [0.2, 0.25) is 0 Å². The summed E-state index contributed by atoms with van der Waals surface area (Å²) < 4.78 is 0. The number of hydrogen-bond acceptors (Lipinski definition) is 2. The molecule has 1 saturated carbocycles. The van der Waals surface area contributed by atoms with Crippen LogP contribution in [0.25, 0.3) is 0 Å². The third-order valence-electron chi connectivity index (χ3n) is 4.73. The average molecular weight is 258 g/mol. The first kappa shape index (κ1) is 12.7. The quantitative estimate of drug-likeness (QED) is 0.904. The molecule has 3 atom stereocenters. The van der Waals surface area contributed by atoms with Crippen LogP contribution in [0, 0.1) is 5.92 Å². The zero-order valence-corrected chi connectivity index (χ0v) is 11.7. The summed E-state index contributed by atoms with van der Waals surface area (Å²) in [6.07, 6.45) is 4.00. The van der Waals surface area contributed by atoms with Crippen LogP contribution in [0.3, 0.4) is 0 Å². The van der Waals surface area contributed by atoms with Crippen LogP contribution >= 0.6 is 0 Å². The Morgan fingerprint density at radius 1 is 1.26 bits per heavy atom. The van der Waals surface area contributed by atoms with Gasteiger partial charge < -0.3 is 4.90 Å². The summed E-state index contributed by atoms with van der Waals surface area (Å²) in [5, 5.41) is 3.43. The molecule has 0 bridgehead atoms. The van der Waals surface area contributed by atoms with E-state index >= 15 is 0 Å². The summed E-state index contributed by atoms with van der Waals surface area (Å²) >= 11 is 0. The monoisotopic (exact) mass is 258 g/mol. The highest BCUT2D eigenvalue weighted by Crippen LogP contribution is 2.35. The van der Waals surface area contributed by atoms with E-state index in [2.05, 4.69) is 24.1 Å². The van der Waals surface area contributed by atoms with Gasteiger partial charge in [-0.1, -0.05) is 36.8 Å². The molecular formula is C16H22N2O. The molecule has 3 unspecified atom stereocenters. The molecule has 1 N–H and O–H groups in total. The van der Waals surface area contributed by atoms with Crippen molar-refractivity contribution < 1.29 is 4.79 Å². The number of benzene rings is 1. The van der Waals surface area contributed by atoms with Gasteiger partial charge in [0.25, 0.3) is 0 Å². The highest BCUT2D eigenvalue weighted by Gasteiger charge is 2.42. The summed E-state index contributed by atoms with van der Waals surface area (Å²) in [5.41, 5.74) is 1.07. The number of hydrogen-bond donors (Lipinski definition) is 1. The molecule has 1 saturated heterocycles. The van der Waals surface area contributed by atoms with E-state index in [0.717, 1.165) is 5.56 Å². The first-order valence-corrected chi connectivity index (χ1v) is 7.31. The molecule has 1 aliphatic carbocycles. The van der Waals surface area contributed by atoms with Crippen molar-refractivity contribution in [3.05, 3.63) is 35.9 Å². The lowest BCUT2D eigenvalue weighted by Crippen LogP contribution is -2.46. The van der Waals surface area contributed by atoms with Gasteiger partial charge in [-0.25, -0.2) is 0 Å². The zero-order valence-electron chi connectivity index (χ0n) is 11.7. The van der Waals surface area contributed by atoms with Crippen molar-refractivity contribution in [1.29, 1.82) is 0 Å². The third-order valence-corrected chi connectivity index (χ3v) is 4.73. The Bertz CT molecular complexity index is 455. The second-order valence-electron chi connectivity index (χ2n) is 5.86. The second kappa shape index (κ2) is 4.97. The Hall–Kier alpha value is -1.35. The standard InChI is InChI=1S/C16H22N2O/c1-11(13-9-6-10-13)18-12(2)17-15(16(18)19)14-7-4-3-5-8-14/h3-5,7-8,11-13,15,17H,6,9-10H2,1-2H3. The van der Waals surface area contributed by atoms with E-state index in [4.69, 9.17) is 0 Å². The molecular weight excluding hydrogens is 236 g/mol. The van der Waals surface area contributed by atoms with Crippen LogP contribution < -0.4 is 5.32 Å². The maximum atomic E-state index is 12.7. The van der Waals surface area contributed by atoms with Gasteiger partial charge in [0, 0.05) is 6.04 Å². The van der Waals surface area contributed by atoms with Gasteiger partial charge in [0.2, 0.25) is 5.91 Å². The molecule has 3 nitrogen and oxygen atoms in total. The average Bonchev–Trinajstić information content (AvgIpc) is 2.63. The lowest BCUT2D eigenvalue weighted by atomic mass is 9.79. The number of rotatable bonds is 3. The van der Waals surface area contributed by atoms with Crippen LogP contribution in [0.5, 0.6) is 0 Å². The minimum Gasteiger partial charge on any atom is -0.323 e. The van der Waals surface area contributed by atoms with Gasteiger partial charge in [0.15, 0.2) is 0 Å². The number of carbonyl (C=O) groups is 1. The topological polar surface area (TPSA) is 32.3 Å². The SMILES string of the molecule is CC1NC(c2ccccc2)C(=O)N1C(C)C1CCC1. The van der Waals surface area contributed by atoms with Crippen LogP contribution in [0.15, 0.2) is 30.3 Å². The Kier molecular flexibility index (Phi) is 3.31. The molecule has 2 fully saturated rings. The summed E-state index contributed by atoms with van der Waals surface area (Å²) in [7, 11) is 0. The van der Waals surface area contributed by atoms with Crippen molar-refractivity contribution in [2.24, 2.45) is 5.92 Å². The van der Waals surface area contributed by atoms with Gasteiger partial charge in [-0.2, -0.15) is 0 Å². The minimum atomic E-state index is -0.168. The fourth-order valence-electron chi connectivity index (χ4n) is 3.32. The van der Waals surface area contributed by atoms with Gasteiger partial charge in [0.1, 0.15) is 6.04 Å². The normalized spacial score (nSPS) is 29.4. The van der Waals surface area contributed by atoms with Crippen molar-refractivity contribution in [3.8, 4) is 0 Å². The molecule has 19 heavy (non-hydrogen) atoms. The molecule has 3 rings (SSSR count). The summed E-state index contributed by atoms with van der Waals surface area (Å²) in [6.45, 7) is 4.29. The lowest BCUT2D eigenvalue weighted by Gasteiger charge is -2.38. The molecule has 1 aromatic rings. The third kappa shape index (κ3) is 2.16. The van der Waals surface area contributed by atoms with E-state index in [1.54, 1.807) is 0 Å². The highest BCUT2D eigenvalue weighted by molar-refractivity contribution is 5.86. The van der Waals surface area contributed by atoms with Crippen LogP contribution in [0.4, 0.5) is 0 Å². The predicted molar refractivity (Wildman–Crippen MR) is 75.4 cm³/mol. The van der Waals surface area contributed by atoms with E-state index in [1.807, 2.05) is 30.3 Å². The predicted octanol–water partition coefficient (Wildman–Crippen LogP) is 2.69. The van der Waals surface area contributed by atoms with E-state index in [1.165, 1.54) is 19.3 Å². The van der Waals surface area contributed by atoms with Crippen molar-refractivity contribution in [2.75, 3.05) is 0 Å². The summed E-state index contributed by atoms with van der Waals surface area (Å²) in [6, 6.07) is 10.2.